The average molecular weight is 477 g/mol. The quantitative estimate of drug-likeness (QED) is 0.232. The molecule has 1 aliphatic heterocycles. The molecule has 0 unspecified atom stereocenters. The summed E-state index contributed by atoms with van der Waals surface area (Å²) in [4.78, 5) is 19.9. The molecule has 0 aliphatic carbocycles. The van der Waals surface area contributed by atoms with Crippen molar-refractivity contribution in [1.82, 2.24) is 10.2 Å². The molecule has 25 heavy (non-hydrogen) atoms. The van der Waals surface area contributed by atoms with E-state index in [1.807, 2.05) is 0 Å². The van der Waals surface area contributed by atoms with Crippen LogP contribution in [-0.2, 0) is 16.1 Å². The highest BCUT2D eigenvalue weighted by molar-refractivity contribution is 14.0. The Balaban J connectivity index is 0.00000312. The van der Waals surface area contributed by atoms with E-state index < -0.39 is 0 Å². The molecule has 1 aliphatic rings. The summed E-state index contributed by atoms with van der Waals surface area (Å²) in [6.45, 7) is 5.23. The number of esters is 1. The van der Waals surface area contributed by atoms with Crippen LogP contribution in [0.15, 0.2) is 34.2 Å². The highest BCUT2D eigenvalue weighted by Crippen LogP contribution is 2.19. The van der Waals surface area contributed by atoms with Crippen LogP contribution in [0.5, 0.6) is 0 Å². The van der Waals surface area contributed by atoms with E-state index in [-0.39, 0.29) is 35.9 Å². The molecule has 1 N–H and O–H groups in total. The van der Waals surface area contributed by atoms with Crippen molar-refractivity contribution in [1.29, 1.82) is 0 Å². The van der Waals surface area contributed by atoms with Gasteiger partial charge in [-0.25, -0.2) is 4.99 Å². The molecule has 140 valence electrons. The third-order valence-corrected chi connectivity index (χ3v) is 4.98. The number of carbonyl (C=O) groups excluding carboxylic acids is 1. The summed E-state index contributed by atoms with van der Waals surface area (Å²) >= 11 is 1.74. The predicted octanol–water partition coefficient (Wildman–Crippen LogP) is 3.38. The molecule has 0 spiro atoms. The zero-order chi connectivity index (χ0) is 17.4. The molecule has 0 radical (unpaired) electrons. The second-order valence-electron chi connectivity index (χ2n) is 5.80. The molecule has 0 amide bonds. The molecule has 1 saturated heterocycles. The van der Waals surface area contributed by atoms with Gasteiger partial charge in [0.15, 0.2) is 5.96 Å². The van der Waals surface area contributed by atoms with Crippen LogP contribution in [-0.4, -0.2) is 49.8 Å². The van der Waals surface area contributed by atoms with Gasteiger partial charge in [0.05, 0.1) is 19.6 Å². The van der Waals surface area contributed by atoms with Crippen molar-refractivity contribution >= 4 is 47.7 Å². The van der Waals surface area contributed by atoms with Gasteiger partial charge in [-0.3, -0.25) is 4.79 Å². The van der Waals surface area contributed by atoms with Gasteiger partial charge in [0.1, 0.15) is 0 Å². The van der Waals surface area contributed by atoms with Gasteiger partial charge in [0.25, 0.3) is 0 Å². The van der Waals surface area contributed by atoms with Crippen molar-refractivity contribution in [3.8, 4) is 0 Å². The molecule has 1 fully saturated rings. The van der Waals surface area contributed by atoms with E-state index in [1.54, 1.807) is 11.8 Å². The number of benzene rings is 1. The van der Waals surface area contributed by atoms with Crippen molar-refractivity contribution in [3.05, 3.63) is 29.8 Å². The fourth-order valence-electron chi connectivity index (χ4n) is 2.82. The first-order chi connectivity index (χ1) is 11.7. The second-order valence-corrected chi connectivity index (χ2v) is 6.68. The molecule has 1 aromatic rings. The van der Waals surface area contributed by atoms with E-state index in [9.17, 15) is 4.79 Å². The van der Waals surface area contributed by atoms with Gasteiger partial charge >= 0.3 is 5.97 Å². The zero-order valence-electron chi connectivity index (χ0n) is 15.2. The number of hydrogen-bond donors (Lipinski definition) is 1. The number of guanidine groups is 1. The third kappa shape index (κ3) is 6.69. The first kappa shape index (κ1) is 22.1. The zero-order valence-corrected chi connectivity index (χ0v) is 18.3. The van der Waals surface area contributed by atoms with E-state index in [0.717, 1.165) is 38.4 Å². The van der Waals surface area contributed by atoms with Crippen molar-refractivity contribution in [2.75, 3.05) is 33.0 Å². The van der Waals surface area contributed by atoms with Crippen LogP contribution in [0.3, 0.4) is 0 Å². The van der Waals surface area contributed by atoms with E-state index in [2.05, 4.69) is 47.7 Å². The lowest BCUT2D eigenvalue weighted by Crippen LogP contribution is -2.46. The summed E-state index contributed by atoms with van der Waals surface area (Å²) < 4.78 is 4.85. The minimum atomic E-state index is -0.0922. The largest absolute Gasteiger partial charge is 0.469 e. The van der Waals surface area contributed by atoms with Gasteiger partial charge in [-0.2, -0.15) is 0 Å². The normalized spacial score (nSPS) is 15.5. The van der Waals surface area contributed by atoms with Gasteiger partial charge in [-0.15, -0.1) is 35.7 Å². The molecular formula is C18H28IN3O2S. The second kappa shape index (κ2) is 11.6. The number of piperidine rings is 1. The first-order valence-electron chi connectivity index (χ1n) is 8.42. The van der Waals surface area contributed by atoms with E-state index in [0.29, 0.717) is 6.54 Å². The number of ether oxygens (including phenoxy) is 1. The number of aliphatic imine (C=N–C) groups is 1. The Hall–Kier alpha value is -0.960. The van der Waals surface area contributed by atoms with Gasteiger partial charge in [0.2, 0.25) is 0 Å². The number of rotatable bonds is 5. The van der Waals surface area contributed by atoms with Gasteiger partial charge in [-0.1, -0.05) is 12.1 Å². The number of nitrogens with zero attached hydrogens (tertiary/aromatic N) is 2. The maximum Gasteiger partial charge on any atom is 0.308 e. The summed E-state index contributed by atoms with van der Waals surface area (Å²) in [5, 5.41) is 3.36. The summed E-state index contributed by atoms with van der Waals surface area (Å²) in [5.74, 6) is 0.855. The minimum Gasteiger partial charge on any atom is -0.469 e. The first-order valence-corrected chi connectivity index (χ1v) is 9.64. The molecular weight excluding hydrogens is 449 g/mol. The number of thioether (sulfide) groups is 1. The smallest absolute Gasteiger partial charge is 0.308 e. The monoisotopic (exact) mass is 477 g/mol. The van der Waals surface area contributed by atoms with Crippen LogP contribution in [0, 0.1) is 5.92 Å². The standard InChI is InChI=1S/C18H27N3O2S.HI/c1-4-19-18(20-13-14-5-7-16(24-3)8-6-14)21-11-9-15(10-12-21)17(22)23-2;/h5-8,15H,4,9-13H2,1-3H3,(H,19,20);1H. The third-order valence-electron chi connectivity index (χ3n) is 4.23. The average Bonchev–Trinajstić information content (AvgIpc) is 2.65. The molecule has 1 heterocycles. The summed E-state index contributed by atoms with van der Waals surface area (Å²) in [6.07, 6.45) is 3.72. The van der Waals surface area contributed by atoms with Crippen LogP contribution < -0.4 is 5.32 Å². The molecule has 0 atom stereocenters. The molecule has 5 nitrogen and oxygen atoms in total. The highest BCUT2D eigenvalue weighted by atomic mass is 127. The number of likely N-dealkylation sites (tertiary alicyclic amines) is 1. The van der Waals surface area contributed by atoms with Crippen LogP contribution >= 0.6 is 35.7 Å². The maximum absolute atomic E-state index is 11.6. The minimum absolute atomic E-state index is 0. The Morgan fingerprint density at radius 1 is 1.32 bits per heavy atom. The SMILES string of the molecule is CCNC(=NCc1ccc(SC)cc1)N1CCC(C(=O)OC)CC1.I. The van der Waals surface area contributed by atoms with Crippen molar-refractivity contribution in [2.45, 2.75) is 31.2 Å². The van der Waals surface area contributed by atoms with E-state index >= 15 is 0 Å². The lowest BCUT2D eigenvalue weighted by molar-refractivity contribution is -0.146. The number of carbonyl (C=O) groups is 1. The van der Waals surface area contributed by atoms with Crippen LogP contribution in [0.4, 0.5) is 0 Å². The molecule has 0 aromatic heterocycles. The van der Waals surface area contributed by atoms with Crippen LogP contribution in [0.2, 0.25) is 0 Å². The van der Waals surface area contributed by atoms with Gasteiger partial charge in [-0.05, 0) is 43.7 Å². The summed E-state index contributed by atoms with van der Waals surface area (Å²) in [6, 6.07) is 8.51. The Labute approximate surface area is 172 Å². The highest BCUT2D eigenvalue weighted by Gasteiger charge is 2.26. The predicted molar refractivity (Wildman–Crippen MR) is 115 cm³/mol. The summed E-state index contributed by atoms with van der Waals surface area (Å²) in [5.41, 5.74) is 1.20. The number of nitrogens with one attached hydrogen (secondary N) is 1. The van der Waals surface area contributed by atoms with Crippen LogP contribution in [0.1, 0.15) is 25.3 Å². The summed E-state index contributed by atoms with van der Waals surface area (Å²) in [7, 11) is 1.46. The molecule has 7 heteroatoms. The molecule has 0 saturated carbocycles. The fraction of sp³-hybridized carbons (Fsp3) is 0.556. The van der Waals surface area contributed by atoms with E-state index in [1.165, 1.54) is 17.6 Å². The van der Waals surface area contributed by atoms with Crippen LogP contribution in [0.25, 0.3) is 0 Å². The topological polar surface area (TPSA) is 53.9 Å². The van der Waals surface area contributed by atoms with Crippen molar-refractivity contribution in [3.63, 3.8) is 0 Å². The maximum atomic E-state index is 11.6. The Kier molecular flexibility index (Phi) is 10.3. The van der Waals surface area contributed by atoms with Crippen molar-refractivity contribution in [2.24, 2.45) is 10.9 Å². The molecule has 0 bridgehead atoms. The Morgan fingerprint density at radius 2 is 1.96 bits per heavy atom. The van der Waals surface area contributed by atoms with Gasteiger partial charge in [0, 0.05) is 24.5 Å². The molecule has 1 aromatic carbocycles. The fourth-order valence-corrected chi connectivity index (χ4v) is 3.22. The molecule has 2 rings (SSSR count). The number of halogens is 1. The number of hydrogen-bond acceptors (Lipinski definition) is 4. The van der Waals surface area contributed by atoms with Crippen molar-refractivity contribution < 1.29 is 9.53 Å². The number of methoxy groups -OCH3 is 1. The lowest BCUT2D eigenvalue weighted by Gasteiger charge is -2.33. The lowest BCUT2D eigenvalue weighted by atomic mass is 9.97. The van der Waals surface area contributed by atoms with Gasteiger partial charge < -0.3 is 15.0 Å². The Bertz CT molecular complexity index is 558. The Morgan fingerprint density at radius 3 is 2.48 bits per heavy atom. The van der Waals surface area contributed by atoms with E-state index in [4.69, 9.17) is 9.73 Å².